The van der Waals surface area contributed by atoms with Gasteiger partial charge in [-0.15, -0.1) is 0 Å². The van der Waals surface area contributed by atoms with E-state index in [9.17, 15) is 0 Å². The molecule has 0 radical (unpaired) electrons. The van der Waals surface area contributed by atoms with Crippen LogP contribution in [0, 0.1) is 0 Å². The Kier molecular flexibility index (Phi) is 5.37. The Labute approximate surface area is 144 Å². The highest BCUT2D eigenvalue weighted by Crippen LogP contribution is 2.21. The summed E-state index contributed by atoms with van der Waals surface area (Å²) >= 11 is 0. The first-order valence-corrected chi connectivity index (χ1v) is 8.81. The number of aromatic nitrogens is 2. The van der Waals surface area contributed by atoms with Crippen molar-refractivity contribution in [2.75, 3.05) is 0 Å². The quantitative estimate of drug-likeness (QED) is 0.581. The lowest BCUT2D eigenvalue weighted by atomic mass is 10.0. The minimum atomic E-state index is 0.782. The van der Waals surface area contributed by atoms with E-state index >= 15 is 0 Å². The molecule has 0 aliphatic rings. The zero-order valence-corrected chi connectivity index (χ0v) is 14.5. The fraction of sp³-hybridized carbons (Fsp3) is 0.273. The van der Waals surface area contributed by atoms with Crippen molar-refractivity contribution in [1.82, 2.24) is 9.97 Å². The highest BCUT2D eigenvalue weighted by atomic mass is 14.9. The third-order valence-electron chi connectivity index (χ3n) is 4.23. The molecule has 2 heteroatoms. The molecule has 0 fully saturated rings. The van der Waals surface area contributed by atoms with Crippen LogP contribution in [0.1, 0.15) is 37.8 Å². The summed E-state index contributed by atoms with van der Waals surface area (Å²) in [7, 11) is 0. The lowest BCUT2D eigenvalue weighted by Crippen LogP contribution is -1.91. The highest BCUT2D eigenvalue weighted by Gasteiger charge is 2.04. The van der Waals surface area contributed by atoms with E-state index in [1.165, 1.54) is 29.5 Å². The maximum atomic E-state index is 4.55. The number of hydrogen-bond donors (Lipinski definition) is 0. The molecule has 0 saturated carbocycles. The molecule has 0 bridgehead atoms. The van der Waals surface area contributed by atoms with Gasteiger partial charge >= 0.3 is 0 Å². The van der Waals surface area contributed by atoms with Crippen LogP contribution in [0.3, 0.4) is 0 Å². The summed E-state index contributed by atoms with van der Waals surface area (Å²) in [5, 5.41) is 0. The molecule has 2 aromatic carbocycles. The van der Waals surface area contributed by atoms with Gasteiger partial charge in [0.15, 0.2) is 5.82 Å². The molecule has 3 aromatic rings. The predicted octanol–water partition coefficient (Wildman–Crippen LogP) is 5.72. The Morgan fingerprint density at radius 1 is 0.583 bits per heavy atom. The molecular formula is C22H24N2. The van der Waals surface area contributed by atoms with Gasteiger partial charge in [-0.25, -0.2) is 9.97 Å². The molecule has 2 nitrogen and oxygen atoms in total. The second-order valence-electron chi connectivity index (χ2n) is 6.19. The van der Waals surface area contributed by atoms with E-state index in [1.54, 1.807) is 0 Å². The number of benzene rings is 2. The number of nitrogens with zero attached hydrogens (tertiary/aromatic N) is 2. The van der Waals surface area contributed by atoms with Crippen molar-refractivity contribution < 1.29 is 0 Å². The first-order chi connectivity index (χ1) is 11.8. The standard InChI is InChI=1S/C22H24N2/c1-3-5-17-7-11-19(12-8-17)21-15-23-22(24-16-21)20-13-9-18(6-4-2)10-14-20/h7-16H,3-6H2,1-2H3. The summed E-state index contributed by atoms with van der Waals surface area (Å²) < 4.78 is 0. The van der Waals surface area contributed by atoms with E-state index in [-0.39, 0.29) is 0 Å². The maximum Gasteiger partial charge on any atom is 0.159 e. The SMILES string of the molecule is CCCc1ccc(-c2cnc(-c3ccc(CCC)cc3)nc2)cc1. The highest BCUT2D eigenvalue weighted by molar-refractivity contribution is 5.64. The first kappa shape index (κ1) is 16.4. The van der Waals surface area contributed by atoms with Gasteiger partial charge in [0.2, 0.25) is 0 Å². The Balaban J connectivity index is 1.77. The van der Waals surface area contributed by atoms with Gasteiger partial charge in [0.05, 0.1) is 0 Å². The van der Waals surface area contributed by atoms with Gasteiger partial charge in [-0.3, -0.25) is 0 Å². The number of hydrogen-bond acceptors (Lipinski definition) is 2. The monoisotopic (exact) mass is 316 g/mol. The second-order valence-corrected chi connectivity index (χ2v) is 6.19. The minimum Gasteiger partial charge on any atom is -0.236 e. The van der Waals surface area contributed by atoms with Gasteiger partial charge in [0.1, 0.15) is 0 Å². The molecule has 1 aromatic heterocycles. The maximum absolute atomic E-state index is 4.55. The van der Waals surface area contributed by atoms with Gasteiger partial charge < -0.3 is 0 Å². The third-order valence-corrected chi connectivity index (χ3v) is 4.23. The van der Waals surface area contributed by atoms with Crippen LogP contribution in [-0.2, 0) is 12.8 Å². The van der Waals surface area contributed by atoms with Gasteiger partial charge in [-0.05, 0) is 29.5 Å². The van der Waals surface area contributed by atoms with Gasteiger partial charge in [0, 0.05) is 23.5 Å². The molecule has 0 aliphatic carbocycles. The van der Waals surface area contributed by atoms with Crippen LogP contribution in [0.5, 0.6) is 0 Å². The molecule has 0 unspecified atom stereocenters. The summed E-state index contributed by atoms with van der Waals surface area (Å²) in [6.45, 7) is 4.40. The van der Waals surface area contributed by atoms with E-state index in [2.05, 4.69) is 72.3 Å². The Morgan fingerprint density at radius 2 is 1.04 bits per heavy atom. The lowest BCUT2D eigenvalue weighted by molar-refractivity contribution is 0.922. The van der Waals surface area contributed by atoms with Crippen LogP contribution in [0.2, 0.25) is 0 Å². The van der Waals surface area contributed by atoms with Gasteiger partial charge in [-0.1, -0.05) is 75.2 Å². The van der Waals surface area contributed by atoms with Gasteiger partial charge in [-0.2, -0.15) is 0 Å². The van der Waals surface area contributed by atoms with Crippen molar-refractivity contribution in [3.63, 3.8) is 0 Å². The third kappa shape index (κ3) is 3.88. The molecule has 0 N–H and O–H groups in total. The van der Waals surface area contributed by atoms with Crippen LogP contribution in [0.25, 0.3) is 22.5 Å². The van der Waals surface area contributed by atoms with E-state index in [0.717, 1.165) is 29.8 Å². The van der Waals surface area contributed by atoms with Crippen LogP contribution in [-0.4, -0.2) is 9.97 Å². The van der Waals surface area contributed by atoms with Crippen LogP contribution < -0.4 is 0 Å². The fourth-order valence-electron chi connectivity index (χ4n) is 2.89. The molecule has 0 atom stereocenters. The molecule has 1 heterocycles. The minimum absolute atomic E-state index is 0.782. The molecule has 0 spiro atoms. The summed E-state index contributed by atoms with van der Waals surface area (Å²) in [4.78, 5) is 9.10. The summed E-state index contributed by atoms with van der Waals surface area (Å²) in [6.07, 6.45) is 8.42. The zero-order valence-electron chi connectivity index (χ0n) is 14.5. The predicted molar refractivity (Wildman–Crippen MR) is 101 cm³/mol. The molecule has 122 valence electrons. The molecular weight excluding hydrogens is 292 g/mol. The molecule has 0 aliphatic heterocycles. The zero-order chi connectivity index (χ0) is 16.8. The van der Waals surface area contributed by atoms with E-state index in [1.807, 2.05) is 12.4 Å². The summed E-state index contributed by atoms with van der Waals surface area (Å²) in [6, 6.07) is 17.3. The Morgan fingerprint density at radius 3 is 1.50 bits per heavy atom. The topological polar surface area (TPSA) is 25.8 Å². The Hall–Kier alpha value is -2.48. The fourth-order valence-corrected chi connectivity index (χ4v) is 2.89. The average molecular weight is 316 g/mol. The summed E-state index contributed by atoms with van der Waals surface area (Å²) in [5.41, 5.74) is 6.04. The normalized spacial score (nSPS) is 10.8. The molecule has 0 saturated heterocycles. The van der Waals surface area contributed by atoms with Crippen molar-refractivity contribution in [1.29, 1.82) is 0 Å². The van der Waals surface area contributed by atoms with E-state index < -0.39 is 0 Å². The van der Waals surface area contributed by atoms with E-state index in [0.29, 0.717) is 0 Å². The van der Waals surface area contributed by atoms with Crippen molar-refractivity contribution >= 4 is 0 Å². The summed E-state index contributed by atoms with van der Waals surface area (Å²) in [5.74, 6) is 0.782. The number of rotatable bonds is 6. The van der Waals surface area contributed by atoms with Crippen molar-refractivity contribution in [3.05, 3.63) is 72.1 Å². The van der Waals surface area contributed by atoms with Gasteiger partial charge in [0.25, 0.3) is 0 Å². The Bertz CT molecular complexity index is 688. The van der Waals surface area contributed by atoms with Crippen LogP contribution in [0.4, 0.5) is 0 Å². The lowest BCUT2D eigenvalue weighted by Gasteiger charge is -2.05. The van der Waals surface area contributed by atoms with E-state index in [4.69, 9.17) is 0 Å². The van der Waals surface area contributed by atoms with Crippen LogP contribution >= 0.6 is 0 Å². The van der Waals surface area contributed by atoms with Crippen LogP contribution in [0.15, 0.2) is 60.9 Å². The van der Waals surface area contributed by atoms with Crippen molar-refractivity contribution in [2.24, 2.45) is 0 Å². The molecule has 0 amide bonds. The average Bonchev–Trinajstić information content (AvgIpc) is 2.64. The second kappa shape index (κ2) is 7.87. The number of aryl methyl sites for hydroxylation is 2. The smallest absolute Gasteiger partial charge is 0.159 e. The van der Waals surface area contributed by atoms with Crippen molar-refractivity contribution in [3.8, 4) is 22.5 Å². The first-order valence-electron chi connectivity index (χ1n) is 8.81. The largest absolute Gasteiger partial charge is 0.236 e. The molecule has 3 rings (SSSR count). The molecule has 24 heavy (non-hydrogen) atoms. The van der Waals surface area contributed by atoms with Crippen molar-refractivity contribution in [2.45, 2.75) is 39.5 Å².